The van der Waals surface area contributed by atoms with E-state index in [1.54, 1.807) is 13.8 Å². The second-order valence-corrected chi connectivity index (χ2v) is 21.2. The number of carboxylic acids is 1. The number of aromatic nitrogens is 2. The average Bonchev–Trinajstić information content (AvgIpc) is 3.70. The number of carbonyl (C=O) groups is 3. The first kappa shape index (κ1) is 42.1. The summed E-state index contributed by atoms with van der Waals surface area (Å²) < 4.78 is 6.19. The number of Topliss-reactive ketones (excluding diaryl/α,β-unsaturated/α-hetero) is 1. The van der Waals surface area contributed by atoms with Crippen molar-refractivity contribution in [1.82, 2.24) is 20.0 Å². The summed E-state index contributed by atoms with van der Waals surface area (Å²) in [6, 6.07) is 0. The summed E-state index contributed by atoms with van der Waals surface area (Å²) in [5, 5.41) is 29.3. The zero-order valence-electron chi connectivity index (χ0n) is 35.9. The van der Waals surface area contributed by atoms with Crippen LogP contribution in [0, 0.1) is 56.2 Å². The second-order valence-electron chi connectivity index (χ2n) is 21.2. The minimum absolute atomic E-state index is 0.0233. The molecule has 0 saturated heterocycles. The summed E-state index contributed by atoms with van der Waals surface area (Å²) in [6.45, 7) is 22.6. The normalized spacial score (nSPS) is 36.4. The molecule has 10 nitrogen and oxygen atoms in total. The molecule has 0 aromatic carbocycles. The van der Waals surface area contributed by atoms with Gasteiger partial charge in [0.2, 0.25) is 0 Å². The number of carboxylic acid groups (broad SMARTS) is 1. The largest absolute Gasteiger partial charge is 0.481 e. The van der Waals surface area contributed by atoms with Crippen molar-refractivity contribution in [3.63, 3.8) is 0 Å². The number of ketones is 1. The van der Waals surface area contributed by atoms with E-state index in [0.29, 0.717) is 31.3 Å². The summed E-state index contributed by atoms with van der Waals surface area (Å²) in [5.74, 6) is 0.0299. The molecule has 6 rings (SSSR count). The van der Waals surface area contributed by atoms with Crippen LogP contribution in [0.2, 0.25) is 0 Å². The lowest BCUT2D eigenvalue weighted by atomic mass is 9.33. The monoisotopic (exact) mass is 765 g/mol. The highest BCUT2D eigenvalue weighted by atomic mass is 16.5. The topological polar surface area (TPSA) is 136 Å². The van der Waals surface area contributed by atoms with Gasteiger partial charge in [-0.3, -0.25) is 24.4 Å². The van der Waals surface area contributed by atoms with E-state index >= 15 is 0 Å². The van der Waals surface area contributed by atoms with Gasteiger partial charge < -0.3 is 19.8 Å². The molecule has 1 heterocycles. The summed E-state index contributed by atoms with van der Waals surface area (Å²) >= 11 is 0. The molecule has 9 atom stereocenters. The molecule has 5 aliphatic rings. The Morgan fingerprint density at radius 3 is 2.31 bits per heavy atom. The maximum atomic E-state index is 14.3. The first-order valence-corrected chi connectivity index (χ1v) is 21.3. The van der Waals surface area contributed by atoms with E-state index in [1.165, 1.54) is 5.57 Å². The van der Waals surface area contributed by atoms with Crippen molar-refractivity contribution in [3.05, 3.63) is 29.1 Å². The van der Waals surface area contributed by atoms with E-state index in [2.05, 4.69) is 82.6 Å². The number of hydrogen-bond donors (Lipinski definition) is 3. The van der Waals surface area contributed by atoms with Crippen LogP contribution in [0.1, 0.15) is 132 Å². The standard InChI is InChI=1S/C45H72N4O6/c1-28(2)37-31(50)22-45(34(51)27-49(21-20-48(10)11)26-29-24-46-47-25-29)19-18-43(8)30(38(37)45)12-13-33-42(7)16-15-35(55-36(52)23-40(3,4)39(53)54)41(5,6)32(42)14-17-44(33,43)9/h24-25,28,30,32-35,51H,12-23,26-27H2,1-11H3,(H,46,47)(H,53,54)/t30-,32+,33?,34?,35+,42+,43-,44-,45+/m1/s1. The Hall–Kier alpha value is -2.56. The van der Waals surface area contributed by atoms with Crippen molar-refractivity contribution in [2.24, 2.45) is 56.2 Å². The Morgan fingerprint density at radius 1 is 0.982 bits per heavy atom. The third-order valence-electron chi connectivity index (χ3n) is 16.8. The fourth-order valence-corrected chi connectivity index (χ4v) is 13.5. The molecule has 5 aliphatic carbocycles. The molecule has 2 unspecified atom stereocenters. The van der Waals surface area contributed by atoms with Crippen LogP contribution in [0.5, 0.6) is 0 Å². The molecule has 0 amide bonds. The maximum absolute atomic E-state index is 14.3. The van der Waals surface area contributed by atoms with Gasteiger partial charge in [0, 0.05) is 55.2 Å². The lowest BCUT2D eigenvalue weighted by Crippen LogP contribution is -2.66. The van der Waals surface area contributed by atoms with Gasteiger partial charge in [0.25, 0.3) is 0 Å². The third-order valence-corrected chi connectivity index (χ3v) is 16.8. The molecule has 308 valence electrons. The van der Waals surface area contributed by atoms with E-state index in [9.17, 15) is 24.6 Å². The van der Waals surface area contributed by atoms with Crippen LogP contribution in [-0.4, -0.2) is 93.9 Å². The van der Waals surface area contributed by atoms with Crippen molar-refractivity contribution in [1.29, 1.82) is 0 Å². The first-order valence-electron chi connectivity index (χ1n) is 21.3. The van der Waals surface area contributed by atoms with E-state index < -0.39 is 28.9 Å². The van der Waals surface area contributed by atoms with Gasteiger partial charge >= 0.3 is 11.9 Å². The summed E-state index contributed by atoms with van der Waals surface area (Å²) in [4.78, 5) is 43.7. The molecular weight excluding hydrogens is 693 g/mol. The Labute approximate surface area is 330 Å². The summed E-state index contributed by atoms with van der Waals surface area (Å²) in [7, 11) is 4.16. The Kier molecular flexibility index (Phi) is 11.2. The molecule has 4 saturated carbocycles. The zero-order chi connectivity index (χ0) is 40.5. The number of aliphatic carboxylic acids is 1. The van der Waals surface area contributed by atoms with Crippen LogP contribution in [0.15, 0.2) is 23.5 Å². The Bertz CT molecular complexity index is 1650. The van der Waals surface area contributed by atoms with Crippen molar-refractivity contribution in [2.75, 3.05) is 33.7 Å². The summed E-state index contributed by atoms with van der Waals surface area (Å²) in [6.07, 6.45) is 11.0. The lowest BCUT2D eigenvalue weighted by molar-refractivity contribution is -0.235. The van der Waals surface area contributed by atoms with E-state index in [0.717, 1.165) is 75.6 Å². The minimum Gasteiger partial charge on any atom is -0.481 e. The zero-order valence-corrected chi connectivity index (χ0v) is 35.9. The van der Waals surface area contributed by atoms with Crippen molar-refractivity contribution >= 4 is 17.7 Å². The number of H-pyrrole nitrogens is 1. The van der Waals surface area contributed by atoms with Gasteiger partial charge in [-0.2, -0.15) is 5.10 Å². The Balaban J connectivity index is 1.28. The van der Waals surface area contributed by atoms with Crippen LogP contribution in [-0.2, 0) is 25.7 Å². The predicted octanol–water partition coefficient (Wildman–Crippen LogP) is 7.53. The molecule has 55 heavy (non-hydrogen) atoms. The fourth-order valence-electron chi connectivity index (χ4n) is 13.5. The summed E-state index contributed by atoms with van der Waals surface area (Å²) in [5.41, 5.74) is 1.51. The van der Waals surface area contributed by atoms with Crippen molar-refractivity contribution in [2.45, 2.75) is 145 Å². The van der Waals surface area contributed by atoms with Gasteiger partial charge in [-0.05, 0) is 125 Å². The highest BCUT2D eigenvalue weighted by molar-refractivity contribution is 6.00. The molecule has 3 N–H and O–H groups in total. The van der Waals surface area contributed by atoms with E-state index in [1.807, 2.05) is 12.4 Å². The molecule has 1 aromatic rings. The van der Waals surface area contributed by atoms with Crippen LogP contribution >= 0.6 is 0 Å². The predicted molar refractivity (Wildman–Crippen MR) is 214 cm³/mol. The highest BCUT2D eigenvalue weighted by Crippen LogP contribution is 2.77. The van der Waals surface area contributed by atoms with E-state index in [4.69, 9.17) is 4.74 Å². The number of aliphatic hydroxyl groups excluding tert-OH is 1. The fraction of sp³-hybridized carbons (Fsp3) is 0.822. The highest BCUT2D eigenvalue weighted by Gasteiger charge is 2.71. The molecule has 10 heteroatoms. The first-order chi connectivity index (χ1) is 25.5. The minimum atomic E-state index is -1.17. The molecule has 1 aromatic heterocycles. The number of ether oxygens (including phenoxy) is 1. The molecule has 4 fully saturated rings. The number of fused-ring (bicyclic) bond motifs is 7. The van der Waals surface area contributed by atoms with Crippen LogP contribution in [0.3, 0.4) is 0 Å². The van der Waals surface area contributed by atoms with Gasteiger partial charge in [-0.25, -0.2) is 0 Å². The third kappa shape index (κ3) is 6.96. The second kappa shape index (κ2) is 14.7. The van der Waals surface area contributed by atoms with Gasteiger partial charge in [0.15, 0.2) is 5.78 Å². The number of aromatic amines is 1. The van der Waals surface area contributed by atoms with E-state index in [-0.39, 0.29) is 51.8 Å². The SMILES string of the molecule is CC(C)C1=C2[C@H]3CCC4[C@@]5(C)CC[C@H](OC(=O)CC(C)(C)C(=O)O)C(C)(C)[C@@H]5CC[C@@]4(C)[C@]3(C)CC[C@@]2(C(O)CN(CCN(C)C)Cc2cn[nH]c2)CC1=O. The van der Waals surface area contributed by atoms with Gasteiger partial charge in [0.1, 0.15) is 6.10 Å². The number of likely N-dealkylation sites (N-methyl/N-ethyl adjacent to an activating group) is 1. The van der Waals surface area contributed by atoms with Crippen LogP contribution in [0.25, 0.3) is 0 Å². The number of allylic oxidation sites excluding steroid dienone is 1. The van der Waals surface area contributed by atoms with Gasteiger partial charge in [-0.15, -0.1) is 0 Å². The molecular formula is C45H72N4O6. The number of nitrogens with one attached hydrogen (secondary N) is 1. The number of rotatable bonds is 13. The molecule has 0 bridgehead atoms. The Morgan fingerprint density at radius 2 is 1.69 bits per heavy atom. The average molecular weight is 765 g/mol. The number of aliphatic hydroxyl groups is 1. The van der Waals surface area contributed by atoms with Crippen molar-refractivity contribution in [3.8, 4) is 0 Å². The maximum Gasteiger partial charge on any atom is 0.309 e. The molecule has 0 aliphatic heterocycles. The smallest absolute Gasteiger partial charge is 0.309 e. The van der Waals surface area contributed by atoms with Crippen molar-refractivity contribution < 1.29 is 29.3 Å². The van der Waals surface area contributed by atoms with Gasteiger partial charge in [0.05, 0.1) is 24.1 Å². The van der Waals surface area contributed by atoms with Gasteiger partial charge in [-0.1, -0.05) is 54.0 Å². The molecule has 0 radical (unpaired) electrons. The molecule has 0 spiro atoms. The number of esters is 1. The number of carbonyl (C=O) groups excluding carboxylic acids is 2. The van der Waals surface area contributed by atoms with Crippen LogP contribution < -0.4 is 0 Å². The lowest BCUT2D eigenvalue weighted by Gasteiger charge is -2.72. The van der Waals surface area contributed by atoms with Crippen LogP contribution in [0.4, 0.5) is 0 Å². The number of hydrogen-bond acceptors (Lipinski definition) is 8. The quantitative estimate of drug-likeness (QED) is 0.174. The number of nitrogens with zero attached hydrogens (tertiary/aromatic N) is 3.